The Labute approximate surface area is 168 Å². The molecule has 7 heteroatoms. The summed E-state index contributed by atoms with van der Waals surface area (Å²) in [6.07, 6.45) is 2.49. The first-order chi connectivity index (χ1) is 13.6. The third-order valence-electron chi connectivity index (χ3n) is 4.66. The average Bonchev–Trinajstić information content (AvgIpc) is 2.87. The fraction of sp³-hybridized carbons (Fsp3) is 0.190. The SMILES string of the molecule is CN1CCCN(C(=O)Nc2ccccn2)c2nc(-c3cccc(Cl)c3)ccc21. The lowest BCUT2D eigenvalue weighted by molar-refractivity contribution is 0.256. The lowest BCUT2D eigenvalue weighted by Gasteiger charge is -2.24. The van der Waals surface area contributed by atoms with Crippen LogP contribution in [0.15, 0.2) is 60.8 Å². The highest BCUT2D eigenvalue weighted by Gasteiger charge is 2.25. The summed E-state index contributed by atoms with van der Waals surface area (Å²) < 4.78 is 0. The standard InChI is InChI=1S/C21H20ClN5O/c1-26-12-5-13-27(21(28)25-19-8-2-3-11-23-19)20-18(26)10-9-17(24-20)15-6-4-7-16(22)14-15/h2-4,6-11,14H,5,12-13H2,1H3,(H,23,25,28). The first kappa shape index (κ1) is 18.3. The van der Waals surface area contributed by atoms with Crippen molar-refractivity contribution in [1.82, 2.24) is 9.97 Å². The number of fused-ring (bicyclic) bond motifs is 1. The molecule has 0 unspecified atom stereocenters. The third kappa shape index (κ3) is 3.77. The highest BCUT2D eigenvalue weighted by atomic mass is 35.5. The molecule has 1 aromatic carbocycles. The largest absolute Gasteiger partial charge is 0.372 e. The van der Waals surface area contributed by atoms with Gasteiger partial charge in [-0.1, -0.05) is 29.8 Å². The van der Waals surface area contributed by atoms with Gasteiger partial charge >= 0.3 is 6.03 Å². The third-order valence-corrected chi connectivity index (χ3v) is 4.90. The Morgan fingerprint density at radius 1 is 1.11 bits per heavy atom. The minimum atomic E-state index is -0.244. The van der Waals surface area contributed by atoms with Gasteiger partial charge in [-0.15, -0.1) is 0 Å². The molecule has 1 aliphatic heterocycles. The number of rotatable bonds is 2. The predicted octanol–water partition coefficient (Wildman–Crippen LogP) is 4.68. The zero-order valence-electron chi connectivity index (χ0n) is 15.5. The summed E-state index contributed by atoms with van der Waals surface area (Å²) >= 11 is 6.14. The van der Waals surface area contributed by atoms with E-state index in [-0.39, 0.29) is 6.03 Å². The molecule has 0 atom stereocenters. The molecule has 0 saturated carbocycles. The van der Waals surface area contributed by atoms with Crippen LogP contribution in [-0.2, 0) is 0 Å². The van der Waals surface area contributed by atoms with Gasteiger partial charge in [-0.3, -0.25) is 10.2 Å². The first-order valence-corrected chi connectivity index (χ1v) is 9.47. The number of benzene rings is 1. The molecule has 0 saturated heterocycles. The number of nitrogens with zero attached hydrogens (tertiary/aromatic N) is 4. The Kier molecular flexibility index (Phi) is 5.12. The molecule has 0 aliphatic carbocycles. The van der Waals surface area contributed by atoms with Crippen LogP contribution in [0.4, 0.5) is 22.1 Å². The normalized spacial score (nSPS) is 13.6. The van der Waals surface area contributed by atoms with Crippen LogP contribution in [0.5, 0.6) is 0 Å². The van der Waals surface area contributed by atoms with Crippen molar-refractivity contribution < 1.29 is 4.79 Å². The minimum absolute atomic E-state index is 0.244. The molecule has 0 fully saturated rings. The molecule has 1 aliphatic rings. The Morgan fingerprint density at radius 2 is 2.00 bits per heavy atom. The number of hydrogen-bond acceptors (Lipinski definition) is 4. The Balaban J connectivity index is 1.72. The van der Waals surface area contributed by atoms with Crippen molar-refractivity contribution in [2.45, 2.75) is 6.42 Å². The molecule has 3 heterocycles. The van der Waals surface area contributed by atoms with Gasteiger partial charge in [0.05, 0.1) is 11.4 Å². The lowest BCUT2D eigenvalue weighted by atomic mass is 10.1. The molecule has 142 valence electrons. The second-order valence-electron chi connectivity index (χ2n) is 6.62. The summed E-state index contributed by atoms with van der Waals surface area (Å²) in [4.78, 5) is 25.8. The molecule has 1 N–H and O–H groups in total. The van der Waals surface area contributed by atoms with Crippen LogP contribution in [-0.4, -0.2) is 36.1 Å². The van der Waals surface area contributed by atoms with Crippen LogP contribution in [0.3, 0.4) is 0 Å². The van der Waals surface area contributed by atoms with Crippen molar-refractivity contribution in [3.05, 3.63) is 65.8 Å². The molecule has 6 nitrogen and oxygen atoms in total. The van der Waals surface area contributed by atoms with Gasteiger partial charge in [0.2, 0.25) is 0 Å². The van der Waals surface area contributed by atoms with E-state index in [2.05, 4.69) is 15.2 Å². The van der Waals surface area contributed by atoms with Gasteiger partial charge in [-0.2, -0.15) is 0 Å². The molecular formula is C21H20ClN5O. The summed E-state index contributed by atoms with van der Waals surface area (Å²) in [5.74, 6) is 1.14. The molecule has 4 rings (SSSR count). The maximum absolute atomic E-state index is 13.0. The summed E-state index contributed by atoms with van der Waals surface area (Å²) in [6, 6.07) is 16.7. The lowest BCUT2D eigenvalue weighted by Crippen LogP contribution is -2.36. The fourth-order valence-electron chi connectivity index (χ4n) is 3.25. The molecule has 0 spiro atoms. The minimum Gasteiger partial charge on any atom is -0.372 e. The van der Waals surface area contributed by atoms with Crippen LogP contribution < -0.4 is 15.1 Å². The first-order valence-electron chi connectivity index (χ1n) is 9.09. The molecule has 2 aromatic heterocycles. The zero-order valence-corrected chi connectivity index (χ0v) is 16.2. The van der Waals surface area contributed by atoms with Crippen molar-refractivity contribution >= 4 is 35.0 Å². The van der Waals surface area contributed by atoms with Crippen molar-refractivity contribution in [2.24, 2.45) is 0 Å². The van der Waals surface area contributed by atoms with Crippen LogP contribution in [0, 0.1) is 0 Å². The number of amides is 2. The van der Waals surface area contributed by atoms with E-state index >= 15 is 0 Å². The number of aromatic nitrogens is 2. The maximum Gasteiger partial charge on any atom is 0.328 e. The Hall–Kier alpha value is -3.12. The van der Waals surface area contributed by atoms with Gasteiger partial charge in [0, 0.05) is 36.9 Å². The number of halogens is 1. The maximum atomic E-state index is 13.0. The van der Waals surface area contributed by atoms with Crippen LogP contribution in [0.1, 0.15) is 6.42 Å². The van der Waals surface area contributed by atoms with Gasteiger partial charge in [0.15, 0.2) is 5.82 Å². The predicted molar refractivity (Wildman–Crippen MR) is 113 cm³/mol. The molecule has 3 aromatic rings. The number of anilines is 3. The summed E-state index contributed by atoms with van der Waals surface area (Å²) in [6.45, 7) is 1.42. The van der Waals surface area contributed by atoms with Gasteiger partial charge in [0.25, 0.3) is 0 Å². The fourth-order valence-corrected chi connectivity index (χ4v) is 3.44. The van der Waals surface area contributed by atoms with E-state index in [1.807, 2.05) is 55.6 Å². The van der Waals surface area contributed by atoms with E-state index in [9.17, 15) is 4.79 Å². The van der Waals surface area contributed by atoms with E-state index in [1.54, 1.807) is 17.2 Å². The number of carbonyl (C=O) groups excluding carboxylic acids is 1. The van der Waals surface area contributed by atoms with Crippen LogP contribution >= 0.6 is 11.6 Å². The number of carbonyl (C=O) groups is 1. The monoisotopic (exact) mass is 393 g/mol. The van der Waals surface area contributed by atoms with Crippen molar-refractivity contribution in [3.63, 3.8) is 0 Å². The summed E-state index contributed by atoms with van der Waals surface area (Å²) in [7, 11) is 2.01. The second-order valence-corrected chi connectivity index (χ2v) is 7.06. The van der Waals surface area contributed by atoms with Crippen LogP contribution in [0.25, 0.3) is 11.3 Å². The Bertz CT molecular complexity index is 995. The molecule has 28 heavy (non-hydrogen) atoms. The van der Waals surface area contributed by atoms with Crippen molar-refractivity contribution in [2.75, 3.05) is 35.3 Å². The van der Waals surface area contributed by atoms with E-state index in [4.69, 9.17) is 16.6 Å². The number of nitrogens with one attached hydrogen (secondary N) is 1. The molecule has 2 amide bonds. The second kappa shape index (κ2) is 7.86. The molecule has 0 bridgehead atoms. The van der Waals surface area contributed by atoms with Gasteiger partial charge in [0.1, 0.15) is 5.82 Å². The average molecular weight is 394 g/mol. The van der Waals surface area contributed by atoms with E-state index in [1.165, 1.54) is 0 Å². The van der Waals surface area contributed by atoms with E-state index in [0.29, 0.717) is 23.2 Å². The van der Waals surface area contributed by atoms with Crippen LogP contribution in [0.2, 0.25) is 5.02 Å². The highest BCUT2D eigenvalue weighted by molar-refractivity contribution is 6.30. The molecular weight excluding hydrogens is 374 g/mol. The van der Waals surface area contributed by atoms with Gasteiger partial charge < -0.3 is 4.90 Å². The van der Waals surface area contributed by atoms with E-state index < -0.39 is 0 Å². The number of urea groups is 1. The zero-order chi connectivity index (χ0) is 19.5. The summed E-state index contributed by atoms with van der Waals surface area (Å²) in [5, 5.41) is 3.51. The number of hydrogen-bond donors (Lipinski definition) is 1. The van der Waals surface area contributed by atoms with Crippen molar-refractivity contribution in [3.8, 4) is 11.3 Å². The van der Waals surface area contributed by atoms with Gasteiger partial charge in [-0.25, -0.2) is 14.8 Å². The Morgan fingerprint density at radius 3 is 2.79 bits per heavy atom. The van der Waals surface area contributed by atoms with E-state index in [0.717, 1.165) is 29.9 Å². The quantitative estimate of drug-likeness (QED) is 0.687. The summed E-state index contributed by atoms with van der Waals surface area (Å²) in [5.41, 5.74) is 2.60. The number of pyridine rings is 2. The van der Waals surface area contributed by atoms with Gasteiger partial charge in [-0.05, 0) is 42.8 Å². The highest BCUT2D eigenvalue weighted by Crippen LogP contribution is 2.33. The molecule has 0 radical (unpaired) electrons. The van der Waals surface area contributed by atoms with Crippen molar-refractivity contribution in [1.29, 1.82) is 0 Å². The smallest absolute Gasteiger partial charge is 0.328 e. The topological polar surface area (TPSA) is 61.4 Å².